The third kappa shape index (κ3) is 3.42. The van der Waals surface area contributed by atoms with Crippen LogP contribution in [0.5, 0.6) is 0 Å². The molecule has 88 valence electrons. The van der Waals surface area contributed by atoms with Crippen LogP contribution in [0.25, 0.3) is 0 Å². The van der Waals surface area contributed by atoms with Crippen molar-refractivity contribution in [1.29, 1.82) is 0 Å². The number of nitrogens with zero attached hydrogens (tertiary/aromatic N) is 1. The maximum Gasteiger partial charge on any atom is 0.0340 e. The number of hydrogen-bond acceptors (Lipinski definition) is 3. The van der Waals surface area contributed by atoms with E-state index in [1.165, 1.54) is 23.6 Å². The Morgan fingerprint density at radius 3 is 2.88 bits per heavy atom. The highest BCUT2D eigenvalue weighted by molar-refractivity contribution is 7.99. The van der Waals surface area contributed by atoms with Gasteiger partial charge in [0.1, 0.15) is 0 Å². The molecule has 1 aromatic rings. The van der Waals surface area contributed by atoms with Crippen molar-refractivity contribution in [2.24, 2.45) is 0 Å². The molecule has 1 aliphatic heterocycles. The number of para-hydroxylation sites is 1. The molecule has 1 fully saturated rings. The van der Waals surface area contributed by atoms with Gasteiger partial charge in [-0.2, -0.15) is 11.8 Å². The minimum atomic E-state index is 0.794. The second-order valence-electron chi connectivity index (χ2n) is 4.29. The Morgan fingerprint density at radius 2 is 2.19 bits per heavy atom. The van der Waals surface area contributed by atoms with Crippen molar-refractivity contribution >= 4 is 17.4 Å². The summed E-state index contributed by atoms with van der Waals surface area (Å²) in [6.45, 7) is 2.15. The number of likely N-dealkylation sites (N-methyl/N-ethyl adjacent to an activating group) is 1. The monoisotopic (exact) mass is 236 g/mol. The van der Waals surface area contributed by atoms with Crippen LogP contribution < -0.4 is 5.32 Å². The summed E-state index contributed by atoms with van der Waals surface area (Å²) in [6.07, 6.45) is 1.35. The van der Waals surface area contributed by atoms with Crippen LogP contribution in [-0.4, -0.2) is 42.6 Å². The molecule has 0 aliphatic carbocycles. The van der Waals surface area contributed by atoms with E-state index in [0.29, 0.717) is 0 Å². The van der Waals surface area contributed by atoms with Crippen LogP contribution in [0.4, 0.5) is 5.69 Å². The molecule has 1 aliphatic rings. The van der Waals surface area contributed by atoms with Crippen LogP contribution in [0.3, 0.4) is 0 Å². The predicted octanol–water partition coefficient (Wildman–Crippen LogP) is 2.54. The molecule has 0 radical (unpaired) electrons. The third-order valence-corrected chi connectivity index (χ3v) is 4.24. The fraction of sp³-hybridized carbons (Fsp3) is 0.538. The van der Waals surface area contributed by atoms with E-state index in [1.54, 1.807) is 0 Å². The smallest absolute Gasteiger partial charge is 0.0340 e. The molecule has 2 rings (SSSR count). The summed E-state index contributed by atoms with van der Waals surface area (Å²) in [4.78, 5) is 2.48. The Bertz CT molecular complexity index is 296. The zero-order chi connectivity index (χ0) is 11.2. The highest BCUT2D eigenvalue weighted by Gasteiger charge is 2.19. The predicted molar refractivity (Wildman–Crippen MR) is 73.3 cm³/mol. The number of hydrogen-bond donors (Lipinski definition) is 1. The van der Waals surface area contributed by atoms with Crippen molar-refractivity contribution in [2.75, 3.05) is 37.0 Å². The molecular weight excluding hydrogens is 216 g/mol. The SMILES string of the molecule is CN(CCNc1ccccc1)C1CCSC1. The first kappa shape index (κ1) is 11.8. The Kier molecular flexibility index (Phi) is 4.55. The fourth-order valence-corrected chi connectivity index (χ4v) is 3.28. The fourth-order valence-electron chi connectivity index (χ4n) is 1.98. The van der Waals surface area contributed by atoms with Crippen LogP contribution >= 0.6 is 11.8 Å². The Balaban J connectivity index is 1.67. The quantitative estimate of drug-likeness (QED) is 0.846. The summed E-state index contributed by atoms with van der Waals surface area (Å²) in [5.74, 6) is 2.64. The maximum atomic E-state index is 3.45. The topological polar surface area (TPSA) is 15.3 Å². The van der Waals surface area contributed by atoms with Crippen LogP contribution in [0.2, 0.25) is 0 Å². The lowest BCUT2D eigenvalue weighted by molar-refractivity contribution is 0.272. The van der Waals surface area contributed by atoms with E-state index in [2.05, 4.69) is 53.3 Å². The lowest BCUT2D eigenvalue weighted by atomic mass is 10.2. The summed E-state index contributed by atoms with van der Waals surface area (Å²) < 4.78 is 0. The standard InChI is InChI=1S/C13H20N2S/c1-15(13-7-10-16-11-13)9-8-14-12-5-3-2-4-6-12/h2-6,13-14H,7-11H2,1H3. The largest absolute Gasteiger partial charge is 0.384 e. The van der Waals surface area contributed by atoms with Gasteiger partial charge in [-0.25, -0.2) is 0 Å². The molecule has 1 unspecified atom stereocenters. The van der Waals surface area contributed by atoms with Crippen molar-refractivity contribution in [3.05, 3.63) is 30.3 Å². The molecule has 1 saturated heterocycles. The molecular formula is C13H20N2S. The first-order valence-electron chi connectivity index (χ1n) is 5.93. The molecule has 1 aromatic carbocycles. The summed E-state index contributed by atoms with van der Waals surface area (Å²) in [7, 11) is 2.24. The Labute approximate surface area is 102 Å². The van der Waals surface area contributed by atoms with Crippen molar-refractivity contribution in [3.8, 4) is 0 Å². The second-order valence-corrected chi connectivity index (χ2v) is 5.44. The second kappa shape index (κ2) is 6.16. The van der Waals surface area contributed by atoms with E-state index in [4.69, 9.17) is 0 Å². The maximum absolute atomic E-state index is 3.45. The van der Waals surface area contributed by atoms with Crippen molar-refractivity contribution in [3.63, 3.8) is 0 Å². The highest BCUT2D eigenvalue weighted by Crippen LogP contribution is 2.20. The first-order chi connectivity index (χ1) is 7.86. The van der Waals surface area contributed by atoms with Gasteiger partial charge in [0, 0.05) is 30.6 Å². The van der Waals surface area contributed by atoms with Crippen LogP contribution in [-0.2, 0) is 0 Å². The van der Waals surface area contributed by atoms with Gasteiger partial charge in [-0.15, -0.1) is 0 Å². The zero-order valence-corrected chi connectivity index (χ0v) is 10.7. The number of benzene rings is 1. The van der Waals surface area contributed by atoms with Gasteiger partial charge in [0.05, 0.1) is 0 Å². The number of rotatable bonds is 5. The van der Waals surface area contributed by atoms with Gasteiger partial charge in [0.15, 0.2) is 0 Å². The van der Waals surface area contributed by atoms with Crippen LogP contribution in [0, 0.1) is 0 Å². The highest BCUT2D eigenvalue weighted by atomic mass is 32.2. The molecule has 0 saturated carbocycles. The normalized spacial score (nSPS) is 20.2. The summed E-state index contributed by atoms with van der Waals surface area (Å²) >= 11 is 2.08. The van der Waals surface area contributed by atoms with Crippen LogP contribution in [0.15, 0.2) is 30.3 Å². The molecule has 3 heteroatoms. The number of nitrogens with one attached hydrogen (secondary N) is 1. The Morgan fingerprint density at radius 1 is 1.38 bits per heavy atom. The molecule has 1 N–H and O–H groups in total. The minimum absolute atomic E-state index is 0.794. The molecule has 0 amide bonds. The average molecular weight is 236 g/mol. The van der Waals surface area contributed by atoms with Gasteiger partial charge in [-0.1, -0.05) is 18.2 Å². The molecule has 16 heavy (non-hydrogen) atoms. The van der Waals surface area contributed by atoms with Gasteiger partial charge in [-0.05, 0) is 31.4 Å². The van der Waals surface area contributed by atoms with Gasteiger partial charge in [0.25, 0.3) is 0 Å². The van der Waals surface area contributed by atoms with Crippen molar-refractivity contribution in [2.45, 2.75) is 12.5 Å². The van der Waals surface area contributed by atoms with E-state index >= 15 is 0 Å². The zero-order valence-electron chi connectivity index (χ0n) is 9.86. The van der Waals surface area contributed by atoms with E-state index in [1.807, 2.05) is 6.07 Å². The number of anilines is 1. The van der Waals surface area contributed by atoms with E-state index in [9.17, 15) is 0 Å². The first-order valence-corrected chi connectivity index (χ1v) is 7.08. The minimum Gasteiger partial charge on any atom is -0.384 e. The molecule has 2 nitrogen and oxygen atoms in total. The van der Waals surface area contributed by atoms with E-state index in [-0.39, 0.29) is 0 Å². The van der Waals surface area contributed by atoms with Gasteiger partial charge < -0.3 is 10.2 Å². The van der Waals surface area contributed by atoms with Gasteiger partial charge in [-0.3, -0.25) is 0 Å². The van der Waals surface area contributed by atoms with Crippen molar-refractivity contribution < 1.29 is 0 Å². The number of thioether (sulfide) groups is 1. The van der Waals surface area contributed by atoms with Gasteiger partial charge >= 0.3 is 0 Å². The summed E-state index contributed by atoms with van der Waals surface area (Å²) in [6, 6.07) is 11.2. The average Bonchev–Trinajstić information content (AvgIpc) is 2.84. The molecule has 0 aromatic heterocycles. The third-order valence-electron chi connectivity index (χ3n) is 3.10. The Hall–Kier alpha value is -0.670. The van der Waals surface area contributed by atoms with E-state index in [0.717, 1.165) is 19.1 Å². The molecule has 1 atom stereocenters. The lowest BCUT2D eigenvalue weighted by Gasteiger charge is -2.23. The van der Waals surface area contributed by atoms with Crippen molar-refractivity contribution in [1.82, 2.24) is 4.90 Å². The molecule has 0 spiro atoms. The summed E-state index contributed by atoms with van der Waals surface area (Å²) in [5.41, 5.74) is 1.22. The lowest BCUT2D eigenvalue weighted by Crippen LogP contribution is -2.35. The van der Waals surface area contributed by atoms with Crippen LogP contribution in [0.1, 0.15) is 6.42 Å². The van der Waals surface area contributed by atoms with Gasteiger partial charge in [0.2, 0.25) is 0 Å². The van der Waals surface area contributed by atoms with E-state index < -0.39 is 0 Å². The summed E-state index contributed by atoms with van der Waals surface area (Å²) in [5, 5.41) is 3.45. The molecule has 1 heterocycles. The molecule has 0 bridgehead atoms.